The summed E-state index contributed by atoms with van der Waals surface area (Å²) in [5.74, 6) is 2.94. The number of nitrogens with zero attached hydrogens (tertiary/aromatic N) is 5. The lowest BCUT2D eigenvalue weighted by Crippen LogP contribution is -2.49. The number of aliphatic hydroxyl groups excluding tert-OH is 1. The van der Waals surface area contributed by atoms with Crippen molar-refractivity contribution >= 4 is 43.9 Å². The molecule has 0 spiro atoms. The van der Waals surface area contributed by atoms with Crippen molar-refractivity contribution in [1.82, 2.24) is 15.0 Å². The number of pyridine rings is 1. The van der Waals surface area contributed by atoms with E-state index in [-0.39, 0.29) is 23.7 Å². The highest BCUT2D eigenvalue weighted by Gasteiger charge is 2.31. The Morgan fingerprint density at radius 2 is 1.86 bits per heavy atom. The summed E-state index contributed by atoms with van der Waals surface area (Å²) in [6.45, 7) is 9.33. The monoisotopic (exact) mass is 524 g/mol. The molecule has 0 amide bonds. The van der Waals surface area contributed by atoms with Crippen molar-refractivity contribution in [2.45, 2.75) is 39.2 Å². The van der Waals surface area contributed by atoms with E-state index in [0.29, 0.717) is 29.9 Å². The van der Waals surface area contributed by atoms with Crippen LogP contribution in [0.2, 0.25) is 0 Å². The average Bonchev–Trinajstić information content (AvgIpc) is 2.82. The number of sulfone groups is 1. The number of aliphatic hydroxyl groups is 1. The molecule has 3 aromatic rings. The van der Waals surface area contributed by atoms with Crippen LogP contribution in [0, 0.1) is 11.8 Å². The number of aromatic nitrogens is 3. The van der Waals surface area contributed by atoms with Crippen molar-refractivity contribution in [3.8, 4) is 0 Å². The Labute approximate surface area is 218 Å². The number of hydrogen-bond donors (Lipinski definition) is 2. The normalized spacial score (nSPS) is 20.9. The number of rotatable bonds is 7. The van der Waals surface area contributed by atoms with Gasteiger partial charge in [0.25, 0.3) is 0 Å². The van der Waals surface area contributed by atoms with Crippen LogP contribution in [0.1, 0.15) is 38.7 Å². The summed E-state index contributed by atoms with van der Waals surface area (Å²) >= 11 is 0. The van der Waals surface area contributed by atoms with Crippen LogP contribution in [-0.2, 0) is 9.84 Å². The molecule has 0 bridgehead atoms. The van der Waals surface area contributed by atoms with Crippen LogP contribution in [0.25, 0.3) is 10.8 Å². The smallest absolute Gasteiger partial charge is 0.227 e. The van der Waals surface area contributed by atoms with Gasteiger partial charge in [-0.05, 0) is 47.4 Å². The second-order valence-corrected chi connectivity index (χ2v) is 13.1. The van der Waals surface area contributed by atoms with Crippen LogP contribution in [-0.4, -0.2) is 72.8 Å². The maximum atomic E-state index is 11.7. The fraction of sp³-hybridized carbons (Fsp3) is 0.519. The molecule has 2 aromatic heterocycles. The van der Waals surface area contributed by atoms with Crippen LogP contribution in [0.5, 0.6) is 0 Å². The first kappa shape index (κ1) is 25.7. The Balaban J connectivity index is 1.39. The van der Waals surface area contributed by atoms with E-state index in [2.05, 4.69) is 52.1 Å². The molecular formula is C27H36N6O3S. The van der Waals surface area contributed by atoms with Gasteiger partial charge in [-0.2, -0.15) is 4.98 Å². The van der Waals surface area contributed by atoms with Gasteiger partial charge < -0.3 is 20.2 Å². The molecule has 2 atom stereocenters. The molecule has 0 unspecified atom stereocenters. The van der Waals surface area contributed by atoms with E-state index in [0.717, 1.165) is 42.6 Å². The van der Waals surface area contributed by atoms with Crippen molar-refractivity contribution in [2.24, 2.45) is 11.8 Å². The maximum absolute atomic E-state index is 11.7. The molecule has 0 aliphatic carbocycles. The van der Waals surface area contributed by atoms with E-state index < -0.39 is 9.84 Å². The van der Waals surface area contributed by atoms with Gasteiger partial charge in [0, 0.05) is 61.8 Å². The number of anilines is 4. The molecule has 2 N–H and O–H groups in total. The first-order chi connectivity index (χ1) is 17.6. The Kier molecular flexibility index (Phi) is 6.97. The van der Waals surface area contributed by atoms with Gasteiger partial charge in [-0.15, -0.1) is 0 Å². The number of benzene rings is 1. The third kappa shape index (κ3) is 5.65. The van der Waals surface area contributed by atoms with Gasteiger partial charge in [-0.25, -0.2) is 18.4 Å². The summed E-state index contributed by atoms with van der Waals surface area (Å²) in [6, 6.07) is 8.21. The highest BCUT2D eigenvalue weighted by molar-refractivity contribution is 7.90. The lowest BCUT2D eigenvalue weighted by molar-refractivity contribution is 0.0966. The van der Waals surface area contributed by atoms with Gasteiger partial charge >= 0.3 is 0 Å². The van der Waals surface area contributed by atoms with Gasteiger partial charge in [0.2, 0.25) is 5.95 Å². The third-order valence-corrected chi connectivity index (χ3v) is 8.49. The molecule has 0 saturated carbocycles. The summed E-state index contributed by atoms with van der Waals surface area (Å²) < 4.78 is 23.4. The fourth-order valence-corrected chi connectivity index (χ4v) is 6.48. The highest BCUT2D eigenvalue weighted by atomic mass is 32.2. The summed E-state index contributed by atoms with van der Waals surface area (Å²) in [5, 5.41) is 15.6. The zero-order valence-electron chi connectivity index (χ0n) is 21.9. The van der Waals surface area contributed by atoms with E-state index in [1.54, 1.807) is 6.20 Å². The molecule has 2 aliphatic heterocycles. The lowest BCUT2D eigenvalue weighted by atomic mass is 9.93. The van der Waals surface area contributed by atoms with Crippen molar-refractivity contribution in [2.75, 3.05) is 53.3 Å². The van der Waals surface area contributed by atoms with Gasteiger partial charge in [-0.3, -0.25) is 0 Å². The number of fused-ring (bicyclic) bond motifs is 1. The number of hydrogen-bond acceptors (Lipinski definition) is 9. The molecule has 1 aromatic carbocycles. The summed E-state index contributed by atoms with van der Waals surface area (Å²) in [7, 11) is -2.97. The summed E-state index contributed by atoms with van der Waals surface area (Å²) in [5.41, 5.74) is 2.33. The van der Waals surface area contributed by atoms with E-state index in [4.69, 9.17) is 9.97 Å². The van der Waals surface area contributed by atoms with Crippen LogP contribution in [0.15, 0.2) is 36.7 Å². The SMILES string of the molecule is CC(C)c1ccc(N2CC(CS(C)(=O)=O)C2)c2cnc(Nc3ccnc(N4CC[C@H](O)[C@H](C)C4)n3)cc12. The van der Waals surface area contributed by atoms with Crippen molar-refractivity contribution in [3.05, 3.63) is 42.2 Å². The molecule has 4 heterocycles. The average molecular weight is 525 g/mol. The molecule has 2 saturated heterocycles. The molecule has 2 fully saturated rings. The molecule has 5 rings (SSSR count). The molecular weight excluding hydrogens is 488 g/mol. The lowest BCUT2D eigenvalue weighted by Gasteiger charge is -2.41. The fourth-order valence-electron chi connectivity index (χ4n) is 5.41. The summed E-state index contributed by atoms with van der Waals surface area (Å²) in [4.78, 5) is 18.2. The minimum Gasteiger partial charge on any atom is -0.393 e. The minimum atomic E-state index is -2.97. The zero-order chi connectivity index (χ0) is 26.3. The number of piperidine rings is 1. The Bertz CT molecular complexity index is 1390. The minimum absolute atomic E-state index is 0.168. The molecule has 2 aliphatic rings. The predicted molar refractivity (Wildman–Crippen MR) is 149 cm³/mol. The van der Waals surface area contributed by atoms with Crippen LogP contribution in [0.4, 0.5) is 23.3 Å². The molecule has 198 valence electrons. The number of nitrogens with one attached hydrogen (secondary N) is 1. The second kappa shape index (κ2) is 10.1. The summed E-state index contributed by atoms with van der Waals surface area (Å²) in [6.07, 6.45) is 5.38. The van der Waals surface area contributed by atoms with Crippen LogP contribution in [0.3, 0.4) is 0 Å². The van der Waals surface area contributed by atoms with E-state index in [1.165, 1.54) is 11.8 Å². The first-order valence-electron chi connectivity index (χ1n) is 13.0. The third-order valence-electron chi connectivity index (χ3n) is 7.41. The predicted octanol–water partition coefficient (Wildman–Crippen LogP) is 3.58. The Hall–Kier alpha value is -2.98. The van der Waals surface area contributed by atoms with E-state index in [9.17, 15) is 13.5 Å². The maximum Gasteiger partial charge on any atom is 0.227 e. The molecule has 9 nitrogen and oxygen atoms in total. The van der Waals surface area contributed by atoms with E-state index >= 15 is 0 Å². The van der Waals surface area contributed by atoms with Gasteiger partial charge in [0.15, 0.2) is 0 Å². The van der Waals surface area contributed by atoms with Gasteiger partial charge in [0.1, 0.15) is 21.5 Å². The van der Waals surface area contributed by atoms with Crippen LogP contribution < -0.4 is 15.1 Å². The molecule has 37 heavy (non-hydrogen) atoms. The Morgan fingerprint density at radius 1 is 1.08 bits per heavy atom. The van der Waals surface area contributed by atoms with Crippen LogP contribution >= 0.6 is 0 Å². The Morgan fingerprint density at radius 3 is 2.57 bits per heavy atom. The van der Waals surface area contributed by atoms with E-state index in [1.807, 2.05) is 19.2 Å². The largest absolute Gasteiger partial charge is 0.393 e. The van der Waals surface area contributed by atoms with Gasteiger partial charge in [-0.1, -0.05) is 26.8 Å². The van der Waals surface area contributed by atoms with Gasteiger partial charge in [0.05, 0.1) is 11.9 Å². The first-order valence-corrected chi connectivity index (χ1v) is 15.0. The van der Waals surface area contributed by atoms with Crippen molar-refractivity contribution in [1.29, 1.82) is 0 Å². The quantitative estimate of drug-likeness (QED) is 0.479. The van der Waals surface area contributed by atoms with Crippen molar-refractivity contribution < 1.29 is 13.5 Å². The highest BCUT2D eigenvalue weighted by Crippen LogP contribution is 2.37. The van der Waals surface area contributed by atoms with Crippen molar-refractivity contribution in [3.63, 3.8) is 0 Å². The topological polar surface area (TPSA) is 112 Å². The second-order valence-electron chi connectivity index (χ2n) is 11.0. The molecule has 10 heteroatoms. The zero-order valence-corrected chi connectivity index (χ0v) is 22.7. The standard InChI is InChI=1S/C27H36N6O3S/c1-17(2)20-5-6-23(33-14-19(15-33)16-37(4,35)36)22-12-29-26(11-21(20)22)30-25-7-9-28-27(31-25)32-10-8-24(34)18(3)13-32/h5-7,9,11-12,17-19,24,34H,8,10,13-16H2,1-4H3,(H,28,29,30,31)/t18-,24+/m1/s1. The molecule has 0 radical (unpaired) electrons.